The second-order valence-corrected chi connectivity index (χ2v) is 7.22. The first-order valence-corrected chi connectivity index (χ1v) is 9.87. The van der Waals surface area contributed by atoms with Crippen LogP contribution in [0.3, 0.4) is 0 Å². The highest BCUT2D eigenvalue weighted by atomic mass is 32.1. The zero-order valence-electron chi connectivity index (χ0n) is 15.6. The Labute approximate surface area is 175 Å². The molecule has 0 bridgehead atoms. The maximum Gasteiger partial charge on any atom is 0.287 e. The van der Waals surface area contributed by atoms with E-state index in [0.717, 1.165) is 5.56 Å². The number of amides is 2. The van der Waals surface area contributed by atoms with Crippen LogP contribution in [0.25, 0.3) is 21.8 Å². The number of rotatable bonds is 5. The number of aromatic amines is 1. The van der Waals surface area contributed by atoms with Gasteiger partial charge in [-0.25, -0.2) is 9.37 Å². The molecule has 150 valence electrons. The van der Waals surface area contributed by atoms with Gasteiger partial charge >= 0.3 is 0 Å². The number of nitrogens with zero attached hydrogens (tertiary/aromatic N) is 2. The number of hydrogen-bond donors (Lipinski definition) is 3. The molecule has 2 aromatic heterocycles. The average molecular weight is 421 g/mol. The third kappa shape index (κ3) is 4.58. The van der Waals surface area contributed by atoms with E-state index in [1.54, 1.807) is 23.6 Å². The van der Waals surface area contributed by atoms with Gasteiger partial charge < -0.3 is 0 Å². The normalized spacial score (nSPS) is 10.6. The third-order valence-electron chi connectivity index (χ3n) is 4.17. The number of hydrazine groups is 1. The Kier molecular flexibility index (Phi) is 5.62. The molecule has 0 aliphatic rings. The molecule has 0 spiro atoms. The van der Waals surface area contributed by atoms with Gasteiger partial charge in [-0.3, -0.25) is 25.5 Å². The van der Waals surface area contributed by atoms with Crippen LogP contribution in [-0.2, 0) is 11.2 Å². The summed E-state index contributed by atoms with van der Waals surface area (Å²) >= 11 is 1.32. The number of hydrogen-bond acceptors (Lipinski definition) is 5. The lowest BCUT2D eigenvalue weighted by atomic mass is 10.1. The Morgan fingerprint density at radius 1 is 1.00 bits per heavy atom. The molecule has 2 amide bonds. The molecule has 0 atom stereocenters. The summed E-state index contributed by atoms with van der Waals surface area (Å²) in [4.78, 5) is 28.7. The van der Waals surface area contributed by atoms with E-state index in [9.17, 15) is 14.0 Å². The highest BCUT2D eigenvalue weighted by Gasteiger charge is 2.13. The van der Waals surface area contributed by atoms with Crippen molar-refractivity contribution in [1.82, 2.24) is 26.0 Å². The topological polar surface area (TPSA) is 99.8 Å². The monoisotopic (exact) mass is 421 g/mol. The molecule has 0 aliphatic carbocycles. The van der Waals surface area contributed by atoms with E-state index in [0.29, 0.717) is 22.0 Å². The van der Waals surface area contributed by atoms with Crippen LogP contribution in [0.5, 0.6) is 0 Å². The molecule has 2 aromatic carbocycles. The predicted molar refractivity (Wildman–Crippen MR) is 111 cm³/mol. The van der Waals surface area contributed by atoms with Gasteiger partial charge in [0.15, 0.2) is 0 Å². The fourth-order valence-electron chi connectivity index (χ4n) is 2.74. The largest absolute Gasteiger partial charge is 0.287 e. The molecule has 4 rings (SSSR count). The van der Waals surface area contributed by atoms with Crippen LogP contribution >= 0.6 is 11.3 Å². The van der Waals surface area contributed by atoms with Crippen LogP contribution in [0.2, 0.25) is 0 Å². The molecule has 0 unspecified atom stereocenters. The van der Waals surface area contributed by atoms with Crippen molar-refractivity contribution in [3.8, 4) is 21.8 Å². The number of aromatic nitrogens is 3. The quantitative estimate of drug-likeness (QED) is 0.430. The molecule has 0 saturated heterocycles. The second-order valence-electron chi connectivity index (χ2n) is 6.37. The van der Waals surface area contributed by atoms with E-state index < -0.39 is 11.8 Å². The van der Waals surface area contributed by atoms with Crippen molar-refractivity contribution in [3.05, 3.63) is 83.2 Å². The summed E-state index contributed by atoms with van der Waals surface area (Å²) in [5.41, 5.74) is 7.59. The Hall–Kier alpha value is -3.85. The van der Waals surface area contributed by atoms with E-state index in [-0.39, 0.29) is 17.9 Å². The van der Waals surface area contributed by atoms with Gasteiger partial charge in [0, 0.05) is 16.5 Å². The van der Waals surface area contributed by atoms with Crippen LogP contribution in [0.4, 0.5) is 4.39 Å². The number of thiazole rings is 1. The van der Waals surface area contributed by atoms with Crippen molar-refractivity contribution >= 4 is 23.2 Å². The Morgan fingerprint density at radius 2 is 1.80 bits per heavy atom. The summed E-state index contributed by atoms with van der Waals surface area (Å²) in [6, 6.07) is 17.1. The SMILES string of the molecule is O=C(Cc1csc(-c2cccc(F)c2)n1)NNC(=O)c1cc(-c2ccccc2)n[nH]1. The molecule has 0 aliphatic heterocycles. The van der Waals surface area contributed by atoms with Gasteiger partial charge in [-0.2, -0.15) is 5.10 Å². The van der Waals surface area contributed by atoms with Crippen molar-refractivity contribution < 1.29 is 14.0 Å². The van der Waals surface area contributed by atoms with Crippen LogP contribution in [0.1, 0.15) is 16.2 Å². The summed E-state index contributed by atoms with van der Waals surface area (Å²) in [5, 5.41) is 9.10. The van der Waals surface area contributed by atoms with Crippen molar-refractivity contribution in [2.24, 2.45) is 0 Å². The summed E-state index contributed by atoms with van der Waals surface area (Å²) in [7, 11) is 0. The summed E-state index contributed by atoms with van der Waals surface area (Å²) in [6.07, 6.45) is -0.0235. The van der Waals surface area contributed by atoms with Gasteiger partial charge in [-0.1, -0.05) is 42.5 Å². The van der Waals surface area contributed by atoms with Crippen molar-refractivity contribution in [1.29, 1.82) is 0 Å². The van der Waals surface area contributed by atoms with Gasteiger partial charge in [0.2, 0.25) is 5.91 Å². The minimum absolute atomic E-state index is 0.0235. The maximum absolute atomic E-state index is 13.3. The number of carbonyl (C=O) groups excluding carboxylic acids is 2. The van der Waals surface area contributed by atoms with Gasteiger partial charge in [-0.05, 0) is 18.2 Å². The first-order chi connectivity index (χ1) is 14.6. The number of carbonyl (C=O) groups is 2. The molecule has 30 heavy (non-hydrogen) atoms. The maximum atomic E-state index is 13.3. The van der Waals surface area contributed by atoms with E-state index in [1.807, 2.05) is 30.3 Å². The highest BCUT2D eigenvalue weighted by Crippen LogP contribution is 2.24. The first kappa shape index (κ1) is 19.5. The second kappa shape index (κ2) is 8.66. The van der Waals surface area contributed by atoms with Gasteiger partial charge in [0.1, 0.15) is 16.5 Å². The Bertz CT molecular complexity index is 1190. The summed E-state index contributed by atoms with van der Waals surface area (Å²) < 4.78 is 13.3. The molecule has 3 N–H and O–H groups in total. The fourth-order valence-corrected chi connectivity index (χ4v) is 3.56. The highest BCUT2D eigenvalue weighted by molar-refractivity contribution is 7.13. The van der Waals surface area contributed by atoms with Gasteiger partial charge in [0.25, 0.3) is 5.91 Å². The van der Waals surface area contributed by atoms with Crippen molar-refractivity contribution in [2.75, 3.05) is 0 Å². The molecule has 0 fully saturated rings. The Balaban J connectivity index is 1.32. The molecule has 0 radical (unpaired) electrons. The minimum atomic E-state index is -0.517. The Morgan fingerprint density at radius 3 is 2.60 bits per heavy atom. The lowest BCUT2D eigenvalue weighted by molar-refractivity contribution is -0.121. The lowest BCUT2D eigenvalue weighted by Crippen LogP contribution is -2.42. The zero-order valence-corrected chi connectivity index (χ0v) is 16.4. The van der Waals surface area contributed by atoms with E-state index in [2.05, 4.69) is 26.0 Å². The van der Waals surface area contributed by atoms with E-state index in [1.165, 1.54) is 23.5 Å². The van der Waals surface area contributed by atoms with Gasteiger partial charge in [-0.15, -0.1) is 11.3 Å². The molecule has 4 aromatic rings. The molecule has 0 saturated carbocycles. The average Bonchev–Trinajstić information content (AvgIpc) is 3.43. The number of benzene rings is 2. The van der Waals surface area contributed by atoms with E-state index >= 15 is 0 Å². The lowest BCUT2D eigenvalue weighted by Gasteiger charge is -2.04. The summed E-state index contributed by atoms with van der Waals surface area (Å²) in [5.74, 6) is -1.29. The van der Waals surface area contributed by atoms with Crippen LogP contribution in [0.15, 0.2) is 66.0 Å². The third-order valence-corrected chi connectivity index (χ3v) is 5.11. The number of nitrogens with one attached hydrogen (secondary N) is 3. The van der Waals surface area contributed by atoms with Crippen molar-refractivity contribution in [3.63, 3.8) is 0 Å². The predicted octanol–water partition coefficient (Wildman–Crippen LogP) is 3.34. The van der Waals surface area contributed by atoms with Gasteiger partial charge in [0.05, 0.1) is 17.8 Å². The molecular formula is C21H16FN5O2S. The molecule has 7 nitrogen and oxygen atoms in total. The van der Waals surface area contributed by atoms with Crippen LogP contribution in [0, 0.1) is 5.82 Å². The van der Waals surface area contributed by atoms with Crippen molar-refractivity contribution in [2.45, 2.75) is 6.42 Å². The number of halogens is 1. The fraction of sp³-hybridized carbons (Fsp3) is 0.0476. The summed E-state index contributed by atoms with van der Waals surface area (Å²) in [6.45, 7) is 0. The molecule has 2 heterocycles. The molecule has 9 heteroatoms. The molecular weight excluding hydrogens is 405 g/mol. The van der Waals surface area contributed by atoms with Crippen LogP contribution in [-0.4, -0.2) is 27.0 Å². The smallest absolute Gasteiger partial charge is 0.273 e. The number of H-pyrrole nitrogens is 1. The first-order valence-electron chi connectivity index (χ1n) is 8.99. The zero-order chi connectivity index (χ0) is 20.9. The standard InChI is InChI=1S/C21H16FN5O2S/c22-15-8-4-7-14(9-15)21-23-16(12-30-21)10-19(28)26-27-20(29)18-11-17(24-25-18)13-5-2-1-3-6-13/h1-9,11-12H,10H2,(H,24,25)(H,26,28)(H,27,29). The van der Waals surface area contributed by atoms with E-state index in [4.69, 9.17) is 0 Å². The van der Waals surface area contributed by atoms with Crippen LogP contribution < -0.4 is 10.9 Å². The minimum Gasteiger partial charge on any atom is -0.273 e.